The molecule has 0 aliphatic carbocycles. The zero-order valence-corrected chi connectivity index (χ0v) is 17.3. The lowest BCUT2D eigenvalue weighted by molar-refractivity contribution is -0.117. The van der Waals surface area contributed by atoms with Gasteiger partial charge in [-0.25, -0.2) is 8.42 Å². The first-order valence-electron chi connectivity index (χ1n) is 9.65. The molecule has 8 heteroatoms. The van der Waals surface area contributed by atoms with Crippen LogP contribution in [0.2, 0.25) is 0 Å². The third kappa shape index (κ3) is 4.76. The van der Waals surface area contributed by atoms with Gasteiger partial charge in [0.05, 0.1) is 16.1 Å². The Labute approximate surface area is 171 Å². The summed E-state index contributed by atoms with van der Waals surface area (Å²) in [6.45, 7) is 4.48. The van der Waals surface area contributed by atoms with Crippen molar-refractivity contribution in [3.05, 3.63) is 54.1 Å². The normalized spacial score (nSPS) is 15.2. The molecule has 1 saturated heterocycles. The van der Waals surface area contributed by atoms with Gasteiger partial charge in [0.25, 0.3) is 15.9 Å². The van der Waals surface area contributed by atoms with Gasteiger partial charge in [0, 0.05) is 24.7 Å². The summed E-state index contributed by atoms with van der Waals surface area (Å²) in [5.74, 6) is -0.291. The molecule has 0 aromatic heterocycles. The molecule has 1 atom stereocenters. The van der Waals surface area contributed by atoms with Gasteiger partial charge in [0.1, 0.15) is 0 Å². The van der Waals surface area contributed by atoms with E-state index < -0.39 is 10.0 Å². The third-order valence-corrected chi connectivity index (χ3v) is 6.32. The predicted octanol–water partition coefficient (Wildman–Crippen LogP) is 3.14. The van der Waals surface area contributed by atoms with E-state index in [1.54, 1.807) is 41.3 Å². The fourth-order valence-electron chi connectivity index (χ4n) is 3.10. The number of para-hydroxylation sites is 1. The van der Waals surface area contributed by atoms with E-state index in [0.717, 1.165) is 12.8 Å². The first-order valence-corrected chi connectivity index (χ1v) is 11.1. The number of amides is 2. The Morgan fingerprint density at radius 2 is 1.83 bits per heavy atom. The summed E-state index contributed by atoms with van der Waals surface area (Å²) < 4.78 is 28.2. The molecule has 2 aromatic carbocycles. The molecule has 7 nitrogen and oxygen atoms in total. The number of carbonyl (C=O) groups is 2. The van der Waals surface area contributed by atoms with Gasteiger partial charge < -0.3 is 10.2 Å². The highest BCUT2D eigenvalue weighted by molar-refractivity contribution is 7.92. The SMILES string of the molecule is CC[C@@H](C)NC(=O)c1ccccc1NS(=O)(=O)c1ccc(N2CCCC2=O)cc1. The Bertz CT molecular complexity index is 1000. The van der Waals surface area contributed by atoms with Crippen molar-refractivity contribution in [1.29, 1.82) is 0 Å². The predicted molar refractivity (Wildman–Crippen MR) is 112 cm³/mol. The Kier molecular flexibility index (Phi) is 6.22. The molecule has 1 aliphatic rings. The first kappa shape index (κ1) is 20.9. The molecule has 0 unspecified atom stereocenters. The average Bonchev–Trinajstić information content (AvgIpc) is 3.14. The highest BCUT2D eigenvalue weighted by atomic mass is 32.2. The number of nitrogens with zero attached hydrogens (tertiary/aromatic N) is 1. The Morgan fingerprint density at radius 3 is 2.45 bits per heavy atom. The Morgan fingerprint density at radius 1 is 1.14 bits per heavy atom. The maximum Gasteiger partial charge on any atom is 0.261 e. The van der Waals surface area contributed by atoms with E-state index in [4.69, 9.17) is 0 Å². The lowest BCUT2D eigenvalue weighted by Crippen LogP contribution is -2.32. The Hall–Kier alpha value is -2.87. The second kappa shape index (κ2) is 8.65. The second-order valence-corrected chi connectivity index (χ2v) is 8.76. The number of nitrogens with one attached hydrogen (secondary N) is 2. The summed E-state index contributed by atoms with van der Waals surface area (Å²) in [5, 5.41) is 2.84. The molecule has 0 radical (unpaired) electrons. The van der Waals surface area contributed by atoms with Gasteiger partial charge >= 0.3 is 0 Å². The van der Waals surface area contributed by atoms with Crippen LogP contribution in [-0.2, 0) is 14.8 Å². The number of anilines is 2. The minimum atomic E-state index is -3.89. The molecule has 0 spiro atoms. The fraction of sp³-hybridized carbons (Fsp3) is 0.333. The summed E-state index contributed by atoms with van der Waals surface area (Å²) in [4.78, 5) is 26.1. The van der Waals surface area contributed by atoms with Crippen molar-refractivity contribution in [3.8, 4) is 0 Å². The monoisotopic (exact) mass is 415 g/mol. The summed E-state index contributed by atoms with van der Waals surface area (Å²) in [7, 11) is -3.89. The number of rotatable bonds is 7. The third-order valence-electron chi connectivity index (χ3n) is 4.94. The van der Waals surface area contributed by atoms with Crippen LogP contribution in [0.1, 0.15) is 43.5 Å². The summed E-state index contributed by atoms with van der Waals surface area (Å²) in [6, 6.07) is 12.6. The molecule has 1 fully saturated rings. The highest BCUT2D eigenvalue weighted by Gasteiger charge is 2.23. The zero-order chi connectivity index (χ0) is 21.0. The van der Waals surface area contributed by atoms with E-state index in [1.807, 2.05) is 13.8 Å². The molecule has 3 rings (SSSR count). The fourth-order valence-corrected chi connectivity index (χ4v) is 4.18. The largest absolute Gasteiger partial charge is 0.350 e. The van der Waals surface area contributed by atoms with Gasteiger partial charge in [0.2, 0.25) is 5.91 Å². The quantitative estimate of drug-likeness (QED) is 0.726. The minimum absolute atomic E-state index is 0.0204. The Balaban J connectivity index is 1.81. The van der Waals surface area contributed by atoms with Gasteiger partial charge in [-0.05, 0) is 56.2 Å². The number of benzene rings is 2. The molecule has 1 heterocycles. The van der Waals surface area contributed by atoms with Crippen molar-refractivity contribution in [2.45, 2.75) is 44.0 Å². The van der Waals surface area contributed by atoms with Gasteiger partial charge in [-0.2, -0.15) is 0 Å². The lowest BCUT2D eigenvalue weighted by Gasteiger charge is -2.17. The molecule has 0 bridgehead atoms. The number of hydrogen-bond acceptors (Lipinski definition) is 4. The lowest BCUT2D eigenvalue weighted by atomic mass is 10.1. The van der Waals surface area contributed by atoms with E-state index in [9.17, 15) is 18.0 Å². The van der Waals surface area contributed by atoms with E-state index >= 15 is 0 Å². The summed E-state index contributed by atoms with van der Waals surface area (Å²) in [6.07, 6.45) is 2.08. The summed E-state index contributed by atoms with van der Waals surface area (Å²) >= 11 is 0. The highest BCUT2D eigenvalue weighted by Crippen LogP contribution is 2.25. The maximum atomic E-state index is 12.8. The molecule has 1 aliphatic heterocycles. The van der Waals surface area contributed by atoms with Crippen molar-refractivity contribution in [1.82, 2.24) is 5.32 Å². The summed E-state index contributed by atoms with van der Waals surface area (Å²) in [5.41, 5.74) is 1.16. The van der Waals surface area contributed by atoms with E-state index in [-0.39, 0.29) is 34.0 Å². The molecule has 2 N–H and O–H groups in total. The van der Waals surface area contributed by atoms with E-state index in [2.05, 4.69) is 10.0 Å². The maximum absolute atomic E-state index is 12.8. The van der Waals surface area contributed by atoms with Crippen molar-refractivity contribution in [3.63, 3.8) is 0 Å². The second-order valence-electron chi connectivity index (χ2n) is 7.08. The van der Waals surface area contributed by atoms with Crippen LogP contribution < -0.4 is 14.9 Å². The van der Waals surface area contributed by atoms with Crippen LogP contribution in [-0.4, -0.2) is 32.8 Å². The number of sulfonamides is 1. The van der Waals surface area contributed by atoms with Crippen LogP contribution >= 0.6 is 0 Å². The van der Waals surface area contributed by atoms with Crippen LogP contribution in [0.25, 0.3) is 0 Å². The molecule has 2 aromatic rings. The van der Waals surface area contributed by atoms with Crippen molar-refractivity contribution < 1.29 is 18.0 Å². The standard InChI is InChI=1S/C21H25N3O4S/c1-3-15(2)22-21(26)18-7-4-5-8-19(18)23-29(27,28)17-12-10-16(11-13-17)24-14-6-9-20(24)25/h4-5,7-8,10-13,15,23H,3,6,9,14H2,1-2H3,(H,22,26)/t15-/m1/s1. The molecule has 2 amide bonds. The van der Waals surface area contributed by atoms with Crippen molar-refractivity contribution >= 4 is 33.2 Å². The van der Waals surface area contributed by atoms with Gasteiger partial charge in [-0.1, -0.05) is 19.1 Å². The first-order chi connectivity index (χ1) is 13.8. The molecule has 154 valence electrons. The smallest absolute Gasteiger partial charge is 0.261 e. The minimum Gasteiger partial charge on any atom is -0.350 e. The van der Waals surface area contributed by atoms with E-state index in [1.165, 1.54) is 12.1 Å². The van der Waals surface area contributed by atoms with Crippen LogP contribution in [0, 0.1) is 0 Å². The zero-order valence-electron chi connectivity index (χ0n) is 16.5. The molecular formula is C21H25N3O4S. The van der Waals surface area contributed by atoms with Crippen molar-refractivity contribution in [2.75, 3.05) is 16.2 Å². The van der Waals surface area contributed by atoms with Crippen LogP contribution in [0.4, 0.5) is 11.4 Å². The van der Waals surface area contributed by atoms with Gasteiger partial charge in [0.15, 0.2) is 0 Å². The van der Waals surface area contributed by atoms with Crippen LogP contribution in [0.3, 0.4) is 0 Å². The van der Waals surface area contributed by atoms with Gasteiger partial charge in [-0.15, -0.1) is 0 Å². The van der Waals surface area contributed by atoms with Crippen molar-refractivity contribution in [2.24, 2.45) is 0 Å². The molecular weight excluding hydrogens is 390 g/mol. The average molecular weight is 416 g/mol. The van der Waals surface area contributed by atoms with Crippen LogP contribution in [0.15, 0.2) is 53.4 Å². The van der Waals surface area contributed by atoms with E-state index in [0.29, 0.717) is 18.7 Å². The van der Waals surface area contributed by atoms with Crippen LogP contribution in [0.5, 0.6) is 0 Å². The number of hydrogen-bond donors (Lipinski definition) is 2. The topological polar surface area (TPSA) is 95.6 Å². The van der Waals surface area contributed by atoms with Gasteiger partial charge in [-0.3, -0.25) is 14.3 Å². The number of carbonyl (C=O) groups excluding carboxylic acids is 2. The molecule has 29 heavy (non-hydrogen) atoms. The molecule has 0 saturated carbocycles.